The molecule has 1 aliphatic rings. The van der Waals surface area contributed by atoms with E-state index in [-0.39, 0.29) is 12.1 Å². The van der Waals surface area contributed by atoms with Gasteiger partial charge in [-0.05, 0) is 78.9 Å². The Morgan fingerprint density at radius 3 is 2.42 bits per heavy atom. The molecule has 1 fully saturated rings. The fraction of sp³-hybridized carbons (Fsp3) is 0.0833. The molecular formula is C24H18Cl2N4S. The zero-order valence-corrected chi connectivity index (χ0v) is 18.6. The van der Waals surface area contributed by atoms with E-state index in [4.69, 9.17) is 35.4 Å². The highest BCUT2D eigenvalue weighted by molar-refractivity contribution is 7.80. The van der Waals surface area contributed by atoms with Gasteiger partial charge in [0, 0.05) is 39.5 Å². The Morgan fingerprint density at radius 1 is 0.839 bits per heavy atom. The lowest BCUT2D eigenvalue weighted by atomic mass is 10.0. The molecule has 2 atom stereocenters. The smallest absolute Gasteiger partial charge is 0.174 e. The number of pyridine rings is 1. The number of thiocarbonyl (C=S) groups is 1. The second-order valence-corrected chi connectivity index (χ2v) is 8.52. The van der Waals surface area contributed by atoms with Crippen molar-refractivity contribution in [3.8, 4) is 5.69 Å². The van der Waals surface area contributed by atoms with Crippen LogP contribution >= 0.6 is 35.4 Å². The second kappa shape index (κ2) is 8.35. The Hall–Kier alpha value is -2.86. The summed E-state index contributed by atoms with van der Waals surface area (Å²) in [5.74, 6) is 0. The van der Waals surface area contributed by atoms with Gasteiger partial charge in [0.25, 0.3) is 0 Å². The molecule has 0 radical (unpaired) electrons. The van der Waals surface area contributed by atoms with Crippen molar-refractivity contribution in [2.45, 2.75) is 12.1 Å². The third-order valence-corrected chi connectivity index (χ3v) is 6.17. The number of hydrogen-bond acceptors (Lipinski definition) is 2. The van der Waals surface area contributed by atoms with Gasteiger partial charge in [-0.2, -0.15) is 0 Å². The van der Waals surface area contributed by atoms with E-state index in [1.54, 1.807) is 6.20 Å². The Labute approximate surface area is 196 Å². The van der Waals surface area contributed by atoms with Crippen LogP contribution in [0, 0.1) is 0 Å². The lowest BCUT2D eigenvalue weighted by Gasteiger charge is -2.29. The molecule has 0 unspecified atom stereocenters. The van der Waals surface area contributed by atoms with Gasteiger partial charge in [0.15, 0.2) is 5.11 Å². The monoisotopic (exact) mass is 464 g/mol. The summed E-state index contributed by atoms with van der Waals surface area (Å²) >= 11 is 18.2. The fourth-order valence-electron chi connectivity index (χ4n) is 4.03. The van der Waals surface area contributed by atoms with Gasteiger partial charge in [0.2, 0.25) is 0 Å². The van der Waals surface area contributed by atoms with Gasteiger partial charge in [-0.1, -0.05) is 35.3 Å². The number of nitrogens with zero attached hydrogens (tertiary/aromatic N) is 3. The molecule has 154 valence electrons. The van der Waals surface area contributed by atoms with Gasteiger partial charge in [-0.15, -0.1) is 0 Å². The topological polar surface area (TPSA) is 33.1 Å². The summed E-state index contributed by atoms with van der Waals surface area (Å²) in [6.07, 6.45) is 3.84. The first-order valence-corrected chi connectivity index (χ1v) is 11.0. The van der Waals surface area contributed by atoms with Gasteiger partial charge in [-0.3, -0.25) is 4.98 Å². The van der Waals surface area contributed by atoms with E-state index in [0.717, 1.165) is 22.8 Å². The maximum Gasteiger partial charge on any atom is 0.174 e. The van der Waals surface area contributed by atoms with Crippen LogP contribution in [0.2, 0.25) is 10.0 Å². The molecule has 2 aromatic heterocycles. The Kier molecular flexibility index (Phi) is 5.40. The van der Waals surface area contributed by atoms with E-state index in [1.807, 2.05) is 79.0 Å². The minimum absolute atomic E-state index is 0.127. The predicted molar refractivity (Wildman–Crippen MR) is 130 cm³/mol. The van der Waals surface area contributed by atoms with E-state index in [0.29, 0.717) is 15.2 Å². The first-order chi connectivity index (χ1) is 15.1. The maximum absolute atomic E-state index is 6.28. The molecule has 3 heterocycles. The number of halogens is 2. The van der Waals surface area contributed by atoms with E-state index >= 15 is 0 Å². The van der Waals surface area contributed by atoms with Crippen LogP contribution < -0.4 is 10.2 Å². The van der Waals surface area contributed by atoms with Crippen molar-refractivity contribution in [3.63, 3.8) is 0 Å². The molecule has 2 aromatic carbocycles. The quantitative estimate of drug-likeness (QED) is 0.356. The first kappa shape index (κ1) is 20.1. The standard InChI is InChI=1S/C24H18Cl2N4S/c25-16-9-11-18(12-10-16)30-23(22(28-24(30)31)20-7-1-2-13-27-20)21-8-4-14-29(21)19-6-3-5-17(26)15-19/h1-15,22-23H,(H,28,31)/t22-,23+/m1/s1. The zero-order chi connectivity index (χ0) is 21.4. The number of aromatic nitrogens is 2. The van der Waals surface area contributed by atoms with Gasteiger partial charge >= 0.3 is 0 Å². The van der Waals surface area contributed by atoms with Gasteiger partial charge in [0.1, 0.15) is 6.04 Å². The molecule has 4 nitrogen and oxygen atoms in total. The summed E-state index contributed by atoms with van der Waals surface area (Å²) in [6.45, 7) is 0. The number of hydrogen-bond donors (Lipinski definition) is 1. The highest BCUT2D eigenvalue weighted by atomic mass is 35.5. The van der Waals surface area contributed by atoms with Gasteiger partial charge in [0.05, 0.1) is 11.7 Å². The van der Waals surface area contributed by atoms with Crippen molar-refractivity contribution >= 4 is 46.2 Å². The molecule has 4 aromatic rings. The molecule has 31 heavy (non-hydrogen) atoms. The van der Waals surface area contributed by atoms with Gasteiger partial charge in [-0.25, -0.2) is 0 Å². The van der Waals surface area contributed by atoms with Crippen LogP contribution in [0.5, 0.6) is 0 Å². The van der Waals surface area contributed by atoms with Crippen LogP contribution in [0.1, 0.15) is 23.5 Å². The summed E-state index contributed by atoms with van der Waals surface area (Å²) in [7, 11) is 0. The molecule has 0 saturated carbocycles. The van der Waals surface area contributed by atoms with Crippen LogP contribution in [0.15, 0.2) is 91.3 Å². The lowest BCUT2D eigenvalue weighted by molar-refractivity contribution is 0.549. The first-order valence-electron chi connectivity index (χ1n) is 9.81. The number of nitrogens with one attached hydrogen (secondary N) is 1. The van der Waals surface area contributed by atoms with E-state index in [9.17, 15) is 0 Å². The summed E-state index contributed by atoms with van der Waals surface area (Å²) in [4.78, 5) is 6.74. The molecule has 1 saturated heterocycles. The van der Waals surface area contributed by atoms with Crippen LogP contribution in [0.3, 0.4) is 0 Å². The Morgan fingerprint density at radius 2 is 1.68 bits per heavy atom. The van der Waals surface area contributed by atoms with Crippen molar-refractivity contribution in [2.24, 2.45) is 0 Å². The summed E-state index contributed by atoms with van der Waals surface area (Å²) in [6, 6.07) is 25.3. The minimum Gasteiger partial charge on any atom is -0.351 e. The van der Waals surface area contributed by atoms with Crippen molar-refractivity contribution in [1.82, 2.24) is 14.9 Å². The fourth-order valence-corrected chi connectivity index (χ4v) is 4.69. The normalized spacial score (nSPS) is 18.3. The molecule has 5 rings (SSSR count). The Bertz CT molecular complexity index is 1220. The molecule has 0 aliphatic carbocycles. The highest BCUT2D eigenvalue weighted by Crippen LogP contribution is 2.42. The number of benzene rings is 2. The lowest BCUT2D eigenvalue weighted by Crippen LogP contribution is -2.30. The van der Waals surface area contributed by atoms with Crippen molar-refractivity contribution in [1.29, 1.82) is 0 Å². The average molecular weight is 465 g/mol. The zero-order valence-electron chi connectivity index (χ0n) is 16.3. The van der Waals surface area contributed by atoms with Crippen molar-refractivity contribution in [2.75, 3.05) is 4.90 Å². The maximum atomic E-state index is 6.28. The molecule has 1 aliphatic heterocycles. The molecule has 0 bridgehead atoms. The van der Waals surface area contributed by atoms with Gasteiger partial charge < -0.3 is 14.8 Å². The molecule has 1 N–H and O–H groups in total. The SMILES string of the molecule is S=C1N[C@H](c2ccccn2)[C@H](c2cccn2-c2cccc(Cl)c2)N1c1ccc(Cl)cc1. The third-order valence-electron chi connectivity index (χ3n) is 5.37. The van der Waals surface area contributed by atoms with Crippen molar-refractivity contribution in [3.05, 3.63) is 113 Å². The Balaban J connectivity index is 1.67. The highest BCUT2D eigenvalue weighted by Gasteiger charge is 2.42. The number of anilines is 1. The van der Waals surface area contributed by atoms with E-state index < -0.39 is 0 Å². The second-order valence-electron chi connectivity index (χ2n) is 7.26. The van der Waals surface area contributed by atoms with Crippen molar-refractivity contribution < 1.29 is 0 Å². The van der Waals surface area contributed by atoms with E-state index in [1.165, 1.54) is 0 Å². The van der Waals surface area contributed by atoms with Crippen LogP contribution in [0.4, 0.5) is 5.69 Å². The largest absolute Gasteiger partial charge is 0.351 e. The summed E-state index contributed by atoms with van der Waals surface area (Å²) in [5.41, 5.74) is 3.94. The molecule has 7 heteroatoms. The molecular weight excluding hydrogens is 447 g/mol. The predicted octanol–water partition coefficient (Wildman–Crippen LogP) is 6.36. The van der Waals surface area contributed by atoms with E-state index in [2.05, 4.69) is 25.8 Å². The summed E-state index contributed by atoms with van der Waals surface area (Å²) in [5, 5.41) is 5.50. The van der Waals surface area contributed by atoms with Crippen LogP contribution in [-0.2, 0) is 0 Å². The molecule has 0 spiro atoms. The summed E-state index contributed by atoms with van der Waals surface area (Å²) < 4.78 is 2.14. The average Bonchev–Trinajstić information content (AvgIpc) is 3.39. The number of rotatable bonds is 4. The van der Waals surface area contributed by atoms with Crippen LogP contribution in [0.25, 0.3) is 5.69 Å². The minimum atomic E-state index is -0.128. The third kappa shape index (κ3) is 3.81. The molecule has 0 amide bonds. The van der Waals surface area contributed by atoms with Crippen LogP contribution in [-0.4, -0.2) is 14.7 Å².